The van der Waals surface area contributed by atoms with Gasteiger partial charge in [-0.2, -0.15) is 0 Å². The fraction of sp³-hybridized carbons (Fsp3) is 0.688. The molecule has 0 amide bonds. The number of ether oxygens (including phenoxy) is 6. The summed E-state index contributed by atoms with van der Waals surface area (Å²) in [7, 11) is 0. The largest absolute Gasteiger partial charge is 0.463 e. The van der Waals surface area contributed by atoms with Gasteiger partial charge in [0.1, 0.15) is 12.7 Å². The molecule has 0 aromatic carbocycles. The van der Waals surface area contributed by atoms with Crippen molar-refractivity contribution in [3.05, 3.63) is 0 Å². The molecule has 1 aliphatic rings. The van der Waals surface area contributed by atoms with E-state index in [1.807, 2.05) is 0 Å². The Morgan fingerprint density at radius 3 is 1.52 bits per heavy atom. The molecule has 1 aliphatic heterocycles. The highest BCUT2D eigenvalue weighted by molar-refractivity contribution is 5.69. The lowest BCUT2D eigenvalue weighted by molar-refractivity contribution is -0.300. The molecule has 0 N–H and O–H groups in total. The van der Waals surface area contributed by atoms with E-state index in [1.54, 1.807) is 0 Å². The molecule has 0 spiro atoms. The summed E-state index contributed by atoms with van der Waals surface area (Å²) in [5, 5.41) is 0. The van der Waals surface area contributed by atoms with E-state index in [1.165, 1.54) is 0 Å². The molecule has 1 saturated heterocycles. The zero-order chi connectivity index (χ0) is 20.7. The van der Waals surface area contributed by atoms with E-state index < -0.39 is 67.2 Å². The monoisotopic (exact) mass is 390 g/mol. The highest BCUT2D eigenvalue weighted by Gasteiger charge is 2.53. The summed E-state index contributed by atoms with van der Waals surface area (Å²) in [5.74, 6) is -3.71. The standard InChI is InChI=1S/C16H22O11/c1-7(17)22-6-12-13(23-8(2)18)14(24-9(3)19)15(25-10(4)20)16(27-12)26-11(5)21/h12-16H,6H2,1-5H3/t12-,13-,14-,15+,16+/m1/s1. The Morgan fingerprint density at radius 2 is 1.07 bits per heavy atom. The fourth-order valence-electron chi connectivity index (χ4n) is 2.45. The van der Waals surface area contributed by atoms with Crippen molar-refractivity contribution >= 4 is 29.8 Å². The van der Waals surface area contributed by atoms with Crippen LogP contribution in [0.25, 0.3) is 0 Å². The lowest BCUT2D eigenvalue weighted by Gasteiger charge is -2.43. The normalized spacial score (nSPS) is 27.1. The van der Waals surface area contributed by atoms with Gasteiger partial charge in [0.05, 0.1) is 0 Å². The lowest BCUT2D eigenvalue weighted by Crippen LogP contribution is -2.63. The quantitative estimate of drug-likeness (QED) is 0.433. The molecule has 0 bridgehead atoms. The highest BCUT2D eigenvalue weighted by atomic mass is 16.7. The van der Waals surface area contributed by atoms with Crippen LogP contribution < -0.4 is 0 Å². The number of hydrogen-bond donors (Lipinski definition) is 0. The van der Waals surface area contributed by atoms with Crippen LogP contribution in [0.15, 0.2) is 0 Å². The number of carbonyl (C=O) groups is 5. The van der Waals surface area contributed by atoms with Crippen molar-refractivity contribution in [2.24, 2.45) is 0 Å². The fourth-order valence-corrected chi connectivity index (χ4v) is 2.45. The molecule has 11 nitrogen and oxygen atoms in total. The van der Waals surface area contributed by atoms with Gasteiger partial charge in [0.2, 0.25) is 12.4 Å². The molecule has 27 heavy (non-hydrogen) atoms. The molecule has 0 unspecified atom stereocenters. The number of esters is 5. The van der Waals surface area contributed by atoms with Crippen molar-refractivity contribution in [3.8, 4) is 0 Å². The summed E-state index contributed by atoms with van der Waals surface area (Å²) >= 11 is 0. The maximum absolute atomic E-state index is 11.5. The minimum Gasteiger partial charge on any atom is -0.463 e. The van der Waals surface area contributed by atoms with Gasteiger partial charge in [0.15, 0.2) is 12.2 Å². The topological polar surface area (TPSA) is 141 Å². The Kier molecular flexibility index (Phi) is 8.16. The summed E-state index contributed by atoms with van der Waals surface area (Å²) in [6.07, 6.45) is -6.70. The second kappa shape index (κ2) is 9.86. The number of rotatable bonds is 6. The van der Waals surface area contributed by atoms with Crippen molar-refractivity contribution in [1.82, 2.24) is 0 Å². The van der Waals surface area contributed by atoms with E-state index in [0.29, 0.717) is 0 Å². The average molecular weight is 390 g/mol. The summed E-state index contributed by atoms with van der Waals surface area (Å²) in [6, 6.07) is 0. The van der Waals surface area contributed by atoms with Gasteiger partial charge < -0.3 is 28.4 Å². The predicted octanol–water partition coefficient (Wildman–Crippen LogP) is -0.367. The SMILES string of the molecule is CC(=O)OC[C@H]1O[C@H](OC(C)=O)[C@@H](OC(C)=O)[C@H](OC(C)=O)[C@@H]1OC(C)=O. The minimum atomic E-state index is -1.48. The molecule has 11 heteroatoms. The molecule has 1 fully saturated rings. The van der Waals surface area contributed by atoms with Crippen LogP contribution in [0.3, 0.4) is 0 Å². The molecule has 5 atom stereocenters. The maximum Gasteiger partial charge on any atom is 0.305 e. The van der Waals surface area contributed by atoms with Crippen LogP contribution in [0.1, 0.15) is 34.6 Å². The molecule has 0 saturated carbocycles. The Morgan fingerprint density at radius 1 is 0.630 bits per heavy atom. The highest BCUT2D eigenvalue weighted by Crippen LogP contribution is 2.29. The average Bonchev–Trinajstić information content (AvgIpc) is 2.49. The van der Waals surface area contributed by atoms with Gasteiger partial charge in [-0.05, 0) is 0 Å². The van der Waals surface area contributed by atoms with Crippen molar-refractivity contribution in [2.75, 3.05) is 6.61 Å². The molecule has 152 valence electrons. The van der Waals surface area contributed by atoms with Crippen molar-refractivity contribution in [1.29, 1.82) is 0 Å². The Hall–Kier alpha value is -2.69. The third kappa shape index (κ3) is 7.21. The number of carbonyl (C=O) groups excluding carboxylic acids is 5. The summed E-state index contributed by atoms with van der Waals surface area (Å²) in [4.78, 5) is 57.0. The maximum atomic E-state index is 11.5. The van der Waals surface area contributed by atoms with E-state index >= 15 is 0 Å². The van der Waals surface area contributed by atoms with Crippen LogP contribution >= 0.6 is 0 Å². The summed E-state index contributed by atoms with van der Waals surface area (Å²) < 4.78 is 30.8. The third-order valence-electron chi connectivity index (χ3n) is 3.23. The van der Waals surface area contributed by atoms with E-state index in [9.17, 15) is 24.0 Å². The Labute approximate surface area is 155 Å². The Bertz CT molecular complexity index is 599. The Balaban J connectivity index is 3.29. The van der Waals surface area contributed by atoms with Gasteiger partial charge >= 0.3 is 29.8 Å². The van der Waals surface area contributed by atoms with Crippen LogP contribution in [0.5, 0.6) is 0 Å². The van der Waals surface area contributed by atoms with Crippen LogP contribution in [0.2, 0.25) is 0 Å². The first-order valence-electron chi connectivity index (χ1n) is 7.99. The van der Waals surface area contributed by atoms with Crippen molar-refractivity contribution in [3.63, 3.8) is 0 Å². The zero-order valence-electron chi connectivity index (χ0n) is 15.6. The van der Waals surface area contributed by atoms with Crippen molar-refractivity contribution in [2.45, 2.75) is 65.3 Å². The number of hydrogen-bond acceptors (Lipinski definition) is 11. The van der Waals surface area contributed by atoms with Gasteiger partial charge in [-0.1, -0.05) is 0 Å². The molecule has 0 aliphatic carbocycles. The van der Waals surface area contributed by atoms with E-state index in [4.69, 9.17) is 28.4 Å². The van der Waals surface area contributed by atoms with Gasteiger partial charge in [0, 0.05) is 34.6 Å². The van der Waals surface area contributed by atoms with Crippen LogP contribution in [-0.4, -0.2) is 67.2 Å². The molecule has 0 aromatic heterocycles. The van der Waals surface area contributed by atoms with E-state index in [-0.39, 0.29) is 0 Å². The molecule has 1 rings (SSSR count). The smallest absolute Gasteiger partial charge is 0.305 e. The van der Waals surface area contributed by atoms with Crippen LogP contribution in [0.4, 0.5) is 0 Å². The first-order valence-corrected chi connectivity index (χ1v) is 7.99. The van der Waals surface area contributed by atoms with E-state index in [2.05, 4.69) is 0 Å². The lowest BCUT2D eigenvalue weighted by atomic mass is 9.98. The van der Waals surface area contributed by atoms with Crippen molar-refractivity contribution < 1.29 is 52.4 Å². The van der Waals surface area contributed by atoms with Crippen LogP contribution in [0, 0.1) is 0 Å². The second-order valence-corrected chi connectivity index (χ2v) is 5.68. The minimum absolute atomic E-state index is 0.393. The van der Waals surface area contributed by atoms with Gasteiger partial charge in [0.25, 0.3) is 0 Å². The zero-order valence-corrected chi connectivity index (χ0v) is 15.6. The van der Waals surface area contributed by atoms with Gasteiger partial charge in [-0.3, -0.25) is 24.0 Å². The summed E-state index contributed by atoms with van der Waals surface area (Å²) in [6.45, 7) is 5.13. The molecular weight excluding hydrogens is 368 g/mol. The first-order chi connectivity index (χ1) is 12.5. The third-order valence-corrected chi connectivity index (χ3v) is 3.23. The molecule has 0 aromatic rings. The molecule has 1 heterocycles. The molecular formula is C16H22O11. The first kappa shape index (κ1) is 22.4. The summed E-state index contributed by atoms with van der Waals surface area (Å²) in [5.41, 5.74) is 0. The van der Waals surface area contributed by atoms with Crippen LogP contribution in [-0.2, 0) is 52.4 Å². The predicted molar refractivity (Wildman–Crippen MR) is 83.7 cm³/mol. The van der Waals surface area contributed by atoms with E-state index in [0.717, 1.165) is 34.6 Å². The van der Waals surface area contributed by atoms with Gasteiger partial charge in [-0.15, -0.1) is 0 Å². The molecule has 0 radical (unpaired) electrons. The van der Waals surface area contributed by atoms with Gasteiger partial charge in [-0.25, -0.2) is 0 Å². The second-order valence-electron chi connectivity index (χ2n) is 5.68.